The maximum atomic E-state index is 11.1. The van der Waals surface area contributed by atoms with Gasteiger partial charge in [0, 0.05) is 12.6 Å². The standard InChI is InChI=1S/C16H20N2O3/c1-21-15-6-5-11(7-13(15)9-17)10-18-14-4-2-3-12(8-14)16(19)20/h5-7,12,14,18H,2-4,8,10H2,1H3,(H,19,20). The second-order valence-corrected chi connectivity index (χ2v) is 5.43. The number of benzene rings is 1. The second-order valence-electron chi connectivity index (χ2n) is 5.43. The molecular formula is C16H20N2O3. The maximum absolute atomic E-state index is 11.1. The van der Waals surface area contributed by atoms with Crippen LogP contribution in [0, 0.1) is 17.2 Å². The van der Waals surface area contributed by atoms with Crippen molar-refractivity contribution in [2.75, 3.05) is 7.11 Å². The average molecular weight is 288 g/mol. The van der Waals surface area contributed by atoms with Crippen molar-refractivity contribution < 1.29 is 14.6 Å². The first-order valence-electron chi connectivity index (χ1n) is 7.17. The molecule has 1 fully saturated rings. The van der Waals surface area contributed by atoms with Crippen molar-refractivity contribution in [1.82, 2.24) is 5.32 Å². The number of hydrogen-bond acceptors (Lipinski definition) is 4. The largest absolute Gasteiger partial charge is 0.495 e. The van der Waals surface area contributed by atoms with Gasteiger partial charge in [-0.15, -0.1) is 0 Å². The van der Waals surface area contributed by atoms with Gasteiger partial charge in [-0.3, -0.25) is 4.79 Å². The quantitative estimate of drug-likeness (QED) is 0.868. The minimum Gasteiger partial charge on any atom is -0.495 e. The topological polar surface area (TPSA) is 82.3 Å². The van der Waals surface area contributed by atoms with Crippen molar-refractivity contribution in [1.29, 1.82) is 5.26 Å². The van der Waals surface area contributed by atoms with E-state index in [1.807, 2.05) is 12.1 Å². The van der Waals surface area contributed by atoms with Crippen molar-refractivity contribution >= 4 is 5.97 Å². The summed E-state index contributed by atoms with van der Waals surface area (Å²) in [4.78, 5) is 11.1. The molecule has 1 aliphatic carbocycles. The zero-order valence-corrected chi connectivity index (χ0v) is 12.1. The lowest BCUT2D eigenvalue weighted by Gasteiger charge is -2.27. The summed E-state index contributed by atoms with van der Waals surface area (Å²) in [5.41, 5.74) is 1.52. The first-order valence-corrected chi connectivity index (χ1v) is 7.17. The minimum absolute atomic E-state index is 0.229. The molecule has 2 N–H and O–H groups in total. The van der Waals surface area contributed by atoms with Gasteiger partial charge in [-0.2, -0.15) is 5.26 Å². The normalized spacial score (nSPS) is 21.5. The highest BCUT2D eigenvalue weighted by Gasteiger charge is 2.26. The monoisotopic (exact) mass is 288 g/mol. The molecule has 0 radical (unpaired) electrons. The van der Waals surface area contributed by atoms with Gasteiger partial charge in [-0.25, -0.2) is 0 Å². The highest BCUT2D eigenvalue weighted by molar-refractivity contribution is 5.70. The van der Waals surface area contributed by atoms with Gasteiger partial charge in [0.2, 0.25) is 0 Å². The number of ether oxygens (including phenoxy) is 1. The molecule has 0 bridgehead atoms. The number of aliphatic carboxylic acids is 1. The lowest BCUT2D eigenvalue weighted by atomic mass is 9.86. The van der Waals surface area contributed by atoms with Crippen LogP contribution < -0.4 is 10.1 Å². The van der Waals surface area contributed by atoms with Gasteiger partial charge in [0.1, 0.15) is 11.8 Å². The fraction of sp³-hybridized carbons (Fsp3) is 0.500. The molecule has 1 aromatic carbocycles. The van der Waals surface area contributed by atoms with Crippen molar-refractivity contribution in [2.45, 2.75) is 38.3 Å². The molecule has 0 heterocycles. The first kappa shape index (κ1) is 15.3. The predicted molar refractivity (Wildman–Crippen MR) is 77.9 cm³/mol. The fourth-order valence-corrected chi connectivity index (χ4v) is 2.81. The molecule has 1 aliphatic rings. The van der Waals surface area contributed by atoms with E-state index in [4.69, 9.17) is 15.1 Å². The van der Waals surface area contributed by atoms with Crippen LogP contribution in [-0.2, 0) is 11.3 Å². The van der Waals surface area contributed by atoms with Crippen LogP contribution in [0.3, 0.4) is 0 Å². The lowest BCUT2D eigenvalue weighted by molar-refractivity contribution is -0.143. The van der Waals surface area contributed by atoms with Crippen molar-refractivity contribution in [2.24, 2.45) is 5.92 Å². The molecule has 2 atom stereocenters. The Balaban J connectivity index is 1.94. The van der Waals surface area contributed by atoms with Crippen LogP contribution in [0.25, 0.3) is 0 Å². The number of rotatable bonds is 5. The Morgan fingerprint density at radius 1 is 1.52 bits per heavy atom. The Bertz CT molecular complexity index is 551. The second kappa shape index (κ2) is 7.09. The van der Waals surface area contributed by atoms with Crippen molar-refractivity contribution in [3.05, 3.63) is 29.3 Å². The molecule has 112 valence electrons. The van der Waals surface area contributed by atoms with Gasteiger partial charge < -0.3 is 15.2 Å². The Kier molecular flexibility index (Phi) is 5.18. The van der Waals surface area contributed by atoms with Gasteiger partial charge >= 0.3 is 5.97 Å². The molecule has 1 aromatic rings. The Labute approximate surface area is 124 Å². The summed E-state index contributed by atoms with van der Waals surface area (Å²) in [5, 5.41) is 21.6. The number of carboxylic acids is 1. The van der Waals surface area contributed by atoms with Crippen LogP contribution in [0.5, 0.6) is 5.75 Å². The molecule has 2 rings (SSSR count). The molecule has 1 saturated carbocycles. The molecule has 5 heteroatoms. The van der Waals surface area contributed by atoms with E-state index in [1.165, 1.54) is 0 Å². The van der Waals surface area contributed by atoms with E-state index in [0.29, 0.717) is 24.3 Å². The Morgan fingerprint density at radius 3 is 3.00 bits per heavy atom. The third kappa shape index (κ3) is 3.96. The summed E-state index contributed by atoms with van der Waals surface area (Å²) < 4.78 is 5.12. The smallest absolute Gasteiger partial charge is 0.306 e. The van der Waals surface area contributed by atoms with Gasteiger partial charge in [-0.05, 0) is 37.0 Å². The SMILES string of the molecule is COc1ccc(CNC2CCCC(C(=O)O)C2)cc1C#N. The molecule has 0 saturated heterocycles. The third-order valence-corrected chi connectivity index (χ3v) is 4.00. The van der Waals surface area contributed by atoms with Gasteiger partial charge in [0.15, 0.2) is 0 Å². The van der Waals surface area contributed by atoms with Gasteiger partial charge in [0.25, 0.3) is 0 Å². The van der Waals surface area contributed by atoms with E-state index in [1.54, 1.807) is 13.2 Å². The molecule has 0 aliphatic heterocycles. The van der Waals surface area contributed by atoms with Crippen LogP contribution in [0.4, 0.5) is 0 Å². The fourth-order valence-electron chi connectivity index (χ4n) is 2.81. The van der Waals surface area contributed by atoms with Crippen LogP contribution in [0.1, 0.15) is 36.8 Å². The van der Waals surface area contributed by atoms with E-state index >= 15 is 0 Å². The number of nitrogens with one attached hydrogen (secondary N) is 1. The molecule has 0 amide bonds. The molecule has 21 heavy (non-hydrogen) atoms. The minimum atomic E-state index is -0.697. The molecule has 2 unspecified atom stereocenters. The van der Waals surface area contributed by atoms with Crippen molar-refractivity contribution in [3.63, 3.8) is 0 Å². The van der Waals surface area contributed by atoms with E-state index in [2.05, 4.69) is 11.4 Å². The molecule has 0 spiro atoms. The predicted octanol–water partition coefficient (Wildman–Crippen LogP) is 2.30. The number of methoxy groups -OCH3 is 1. The van der Waals surface area contributed by atoms with Gasteiger partial charge in [-0.1, -0.05) is 12.5 Å². The van der Waals surface area contributed by atoms with Crippen molar-refractivity contribution in [3.8, 4) is 11.8 Å². The highest BCUT2D eigenvalue weighted by Crippen LogP contribution is 2.25. The summed E-state index contributed by atoms with van der Waals surface area (Å²) in [6.45, 7) is 0.635. The number of nitriles is 1. The highest BCUT2D eigenvalue weighted by atomic mass is 16.5. The Morgan fingerprint density at radius 2 is 2.33 bits per heavy atom. The van der Waals surface area contributed by atoms with E-state index in [-0.39, 0.29) is 12.0 Å². The molecule has 5 nitrogen and oxygen atoms in total. The summed E-state index contributed by atoms with van der Waals surface area (Å²) >= 11 is 0. The van der Waals surface area contributed by atoms with E-state index in [0.717, 1.165) is 24.8 Å². The van der Waals surface area contributed by atoms with Crippen LogP contribution in [0.15, 0.2) is 18.2 Å². The summed E-state index contributed by atoms with van der Waals surface area (Å²) in [6, 6.07) is 7.86. The van der Waals surface area contributed by atoms with Crippen LogP contribution in [-0.4, -0.2) is 24.2 Å². The summed E-state index contributed by atoms with van der Waals surface area (Å²) in [5.74, 6) is -0.357. The van der Waals surface area contributed by atoms with E-state index in [9.17, 15) is 4.79 Å². The third-order valence-electron chi connectivity index (χ3n) is 4.00. The van der Waals surface area contributed by atoms with Crippen LogP contribution >= 0.6 is 0 Å². The summed E-state index contributed by atoms with van der Waals surface area (Å²) in [7, 11) is 1.54. The summed E-state index contributed by atoms with van der Waals surface area (Å²) in [6.07, 6.45) is 3.40. The maximum Gasteiger partial charge on any atom is 0.306 e. The first-order chi connectivity index (χ1) is 10.1. The molecular weight excluding hydrogens is 268 g/mol. The molecule has 0 aromatic heterocycles. The number of carboxylic acid groups (broad SMARTS) is 1. The number of nitrogens with zero attached hydrogens (tertiary/aromatic N) is 1. The van der Waals surface area contributed by atoms with Gasteiger partial charge in [0.05, 0.1) is 18.6 Å². The zero-order valence-electron chi connectivity index (χ0n) is 12.1. The Hall–Kier alpha value is -2.06. The number of carbonyl (C=O) groups is 1. The van der Waals surface area contributed by atoms with Crippen LogP contribution in [0.2, 0.25) is 0 Å². The average Bonchev–Trinajstić information content (AvgIpc) is 2.52. The van der Waals surface area contributed by atoms with E-state index < -0.39 is 5.97 Å². The lowest BCUT2D eigenvalue weighted by Crippen LogP contribution is -2.36. The zero-order chi connectivity index (χ0) is 15.2. The number of hydrogen-bond donors (Lipinski definition) is 2.